The highest BCUT2D eigenvalue weighted by Gasteiger charge is 2.06. The van der Waals surface area contributed by atoms with Crippen LogP contribution in [0.2, 0.25) is 0 Å². The van der Waals surface area contributed by atoms with Crippen molar-refractivity contribution in [2.24, 2.45) is 5.92 Å². The van der Waals surface area contributed by atoms with Crippen molar-refractivity contribution in [1.82, 2.24) is 0 Å². The van der Waals surface area contributed by atoms with Crippen LogP contribution in [0.15, 0.2) is 0 Å². The summed E-state index contributed by atoms with van der Waals surface area (Å²) in [6.07, 6.45) is 11.5. The first kappa shape index (κ1) is 18.9. The van der Waals surface area contributed by atoms with E-state index in [-0.39, 0.29) is 0 Å². The maximum Gasteiger partial charge on any atom is 0.303 e. The van der Waals surface area contributed by atoms with Crippen molar-refractivity contribution in [3.63, 3.8) is 0 Å². The van der Waals surface area contributed by atoms with Crippen molar-refractivity contribution in [2.75, 3.05) is 6.61 Å². The summed E-state index contributed by atoms with van der Waals surface area (Å²) in [5, 5.41) is 8.54. The number of unbranched alkanes of at least 4 members (excludes halogenated alkanes) is 5. The predicted molar refractivity (Wildman–Crippen MR) is 79.6 cm³/mol. The van der Waals surface area contributed by atoms with Gasteiger partial charge in [0.15, 0.2) is 0 Å². The molecule has 0 spiro atoms. The highest BCUT2D eigenvalue weighted by atomic mass is 16.5. The number of carboxylic acids is 1. The molecule has 1 unspecified atom stereocenters. The SMILES string of the molecule is CCC(CCCCCCC(=O)O)CCCCCOC=O. The van der Waals surface area contributed by atoms with Crippen LogP contribution < -0.4 is 0 Å². The molecule has 0 aliphatic heterocycles. The molecule has 118 valence electrons. The third kappa shape index (κ3) is 13.4. The van der Waals surface area contributed by atoms with Crippen LogP contribution in [0.1, 0.15) is 77.6 Å². The number of rotatable bonds is 15. The summed E-state index contributed by atoms with van der Waals surface area (Å²) < 4.78 is 4.66. The van der Waals surface area contributed by atoms with Gasteiger partial charge in [-0.05, 0) is 18.8 Å². The largest absolute Gasteiger partial charge is 0.481 e. The molecule has 0 bridgehead atoms. The summed E-state index contributed by atoms with van der Waals surface area (Å²) in [6.45, 7) is 3.30. The minimum atomic E-state index is -0.685. The van der Waals surface area contributed by atoms with E-state index in [0.717, 1.165) is 38.0 Å². The smallest absolute Gasteiger partial charge is 0.303 e. The number of hydrogen-bond donors (Lipinski definition) is 1. The standard InChI is InChI=1S/C16H30O4/c1-2-15(11-7-5-9-13-20-14-17)10-6-3-4-8-12-16(18)19/h14-15H,2-13H2,1H3,(H,18,19). The van der Waals surface area contributed by atoms with Gasteiger partial charge in [0.05, 0.1) is 6.61 Å². The lowest BCUT2D eigenvalue weighted by atomic mass is 9.92. The molecular weight excluding hydrogens is 256 g/mol. The summed E-state index contributed by atoms with van der Waals surface area (Å²) in [7, 11) is 0. The van der Waals surface area contributed by atoms with E-state index in [1.54, 1.807) is 0 Å². The van der Waals surface area contributed by atoms with Crippen molar-refractivity contribution in [3.05, 3.63) is 0 Å². The van der Waals surface area contributed by atoms with E-state index >= 15 is 0 Å². The molecule has 20 heavy (non-hydrogen) atoms. The molecule has 0 aliphatic carbocycles. The maximum atomic E-state index is 10.4. The number of ether oxygens (including phenoxy) is 1. The topological polar surface area (TPSA) is 63.6 Å². The molecule has 0 saturated heterocycles. The normalized spacial score (nSPS) is 12.1. The molecule has 0 aliphatic rings. The van der Waals surface area contributed by atoms with Crippen LogP contribution in [0.25, 0.3) is 0 Å². The Bertz CT molecular complexity index is 241. The molecule has 0 heterocycles. The quantitative estimate of drug-likeness (QED) is 0.362. The molecule has 0 aromatic carbocycles. The van der Waals surface area contributed by atoms with E-state index in [1.807, 2.05) is 0 Å². The summed E-state index contributed by atoms with van der Waals surface area (Å²) in [5.74, 6) is 0.108. The lowest BCUT2D eigenvalue weighted by Crippen LogP contribution is -2.00. The van der Waals surface area contributed by atoms with Gasteiger partial charge in [-0.15, -0.1) is 0 Å². The Morgan fingerprint density at radius 1 is 1.05 bits per heavy atom. The van der Waals surface area contributed by atoms with Gasteiger partial charge >= 0.3 is 5.97 Å². The molecule has 0 amide bonds. The van der Waals surface area contributed by atoms with Crippen LogP contribution in [0.5, 0.6) is 0 Å². The van der Waals surface area contributed by atoms with Gasteiger partial charge in [0.2, 0.25) is 0 Å². The zero-order valence-corrected chi connectivity index (χ0v) is 12.8. The van der Waals surface area contributed by atoms with E-state index in [0.29, 0.717) is 19.5 Å². The first-order valence-corrected chi connectivity index (χ1v) is 7.97. The van der Waals surface area contributed by atoms with Crippen molar-refractivity contribution in [3.8, 4) is 0 Å². The summed E-state index contributed by atoms with van der Waals surface area (Å²) >= 11 is 0. The summed E-state index contributed by atoms with van der Waals surface area (Å²) in [6, 6.07) is 0. The summed E-state index contributed by atoms with van der Waals surface area (Å²) in [4.78, 5) is 20.3. The molecule has 4 nitrogen and oxygen atoms in total. The predicted octanol–water partition coefficient (Wildman–Crippen LogP) is 4.17. The lowest BCUT2D eigenvalue weighted by molar-refractivity contribution is -0.137. The Morgan fingerprint density at radius 3 is 2.20 bits per heavy atom. The van der Waals surface area contributed by atoms with E-state index in [1.165, 1.54) is 32.1 Å². The van der Waals surface area contributed by atoms with Crippen LogP contribution >= 0.6 is 0 Å². The summed E-state index contributed by atoms with van der Waals surface area (Å²) in [5.41, 5.74) is 0. The average Bonchev–Trinajstić information content (AvgIpc) is 2.43. The second kappa shape index (κ2) is 14.4. The zero-order chi connectivity index (χ0) is 15.1. The highest BCUT2D eigenvalue weighted by Crippen LogP contribution is 2.20. The van der Waals surface area contributed by atoms with Crippen LogP contribution in [0.4, 0.5) is 0 Å². The van der Waals surface area contributed by atoms with E-state index in [4.69, 9.17) is 5.11 Å². The van der Waals surface area contributed by atoms with E-state index < -0.39 is 5.97 Å². The number of hydrogen-bond acceptors (Lipinski definition) is 3. The van der Waals surface area contributed by atoms with Gasteiger partial charge in [0.25, 0.3) is 6.47 Å². The van der Waals surface area contributed by atoms with Crippen molar-refractivity contribution in [1.29, 1.82) is 0 Å². The molecule has 0 saturated carbocycles. The fraction of sp³-hybridized carbons (Fsp3) is 0.875. The first-order valence-electron chi connectivity index (χ1n) is 7.97. The van der Waals surface area contributed by atoms with Gasteiger partial charge in [0.1, 0.15) is 0 Å². The van der Waals surface area contributed by atoms with Gasteiger partial charge in [0, 0.05) is 6.42 Å². The van der Waals surface area contributed by atoms with Crippen LogP contribution in [-0.4, -0.2) is 24.2 Å². The Balaban J connectivity index is 3.37. The van der Waals surface area contributed by atoms with Gasteiger partial charge in [-0.25, -0.2) is 0 Å². The van der Waals surface area contributed by atoms with Gasteiger partial charge in [-0.1, -0.05) is 58.3 Å². The molecule has 0 aromatic rings. The Morgan fingerprint density at radius 2 is 1.65 bits per heavy atom. The van der Waals surface area contributed by atoms with Crippen LogP contribution in [0, 0.1) is 5.92 Å². The van der Waals surface area contributed by atoms with Gasteiger partial charge in [-0.2, -0.15) is 0 Å². The number of carbonyl (C=O) groups is 2. The molecule has 4 heteroatoms. The van der Waals surface area contributed by atoms with Crippen LogP contribution in [-0.2, 0) is 14.3 Å². The molecule has 0 radical (unpaired) electrons. The van der Waals surface area contributed by atoms with Crippen molar-refractivity contribution >= 4 is 12.4 Å². The average molecular weight is 286 g/mol. The van der Waals surface area contributed by atoms with E-state index in [2.05, 4.69) is 11.7 Å². The molecular formula is C16H30O4. The second-order valence-corrected chi connectivity index (χ2v) is 5.44. The Kier molecular flexibility index (Phi) is 13.6. The minimum absolute atomic E-state index is 0.306. The van der Waals surface area contributed by atoms with Crippen LogP contribution in [0.3, 0.4) is 0 Å². The number of carboxylic acid groups (broad SMARTS) is 1. The van der Waals surface area contributed by atoms with Gasteiger partial charge in [-0.3, -0.25) is 9.59 Å². The highest BCUT2D eigenvalue weighted by molar-refractivity contribution is 5.66. The zero-order valence-electron chi connectivity index (χ0n) is 12.8. The minimum Gasteiger partial charge on any atom is -0.481 e. The van der Waals surface area contributed by atoms with E-state index in [9.17, 15) is 9.59 Å². The first-order chi connectivity index (χ1) is 9.70. The second-order valence-electron chi connectivity index (χ2n) is 5.44. The Hall–Kier alpha value is -1.06. The van der Waals surface area contributed by atoms with Gasteiger partial charge < -0.3 is 9.84 Å². The third-order valence-corrected chi connectivity index (χ3v) is 3.77. The number of aliphatic carboxylic acids is 1. The molecule has 1 N–H and O–H groups in total. The fourth-order valence-electron chi connectivity index (χ4n) is 2.46. The number of carbonyl (C=O) groups excluding carboxylic acids is 1. The fourth-order valence-corrected chi connectivity index (χ4v) is 2.46. The maximum absolute atomic E-state index is 10.4. The molecule has 0 rings (SSSR count). The Labute approximate surface area is 122 Å². The van der Waals surface area contributed by atoms with Crippen molar-refractivity contribution < 1.29 is 19.4 Å². The third-order valence-electron chi connectivity index (χ3n) is 3.77. The van der Waals surface area contributed by atoms with Crippen molar-refractivity contribution in [2.45, 2.75) is 77.6 Å². The monoisotopic (exact) mass is 286 g/mol. The molecule has 1 atom stereocenters. The lowest BCUT2D eigenvalue weighted by Gasteiger charge is -2.14. The molecule has 0 fully saturated rings. The molecule has 0 aromatic heterocycles.